The molecule has 0 aliphatic carbocycles. The molecule has 1 amide bonds. The van der Waals surface area contributed by atoms with Gasteiger partial charge in [0.2, 0.25) is 15.9 Å². The van der Waals surface area contributed by atoms with Crippen LogP contribution in [0.2, 0.25) is 0 Å². The monoisotopic (exact) mass is 475 g/mol. The molecule has 3 heterocycles. The van der Waals surface area contributed by atoms with Crippen LogP contribution in [0, 0.1) is 5.92 Å². The first-order chi connectivity index (χ1) is 15.9. The molecule has 2 aliphatic heterocycles. The number of piperidine rings is 1. The summed E-state index contributed by atoms with van der Waals surface area (Å²) in [5, 5.41) is 10.7. The first kappa shape index (κ1) is 23.8. The molecular formula is C23H33N5O4S. The summed E-state index contributed by atoms with van der Waals surface area (Å²) < 4.78 is 32.9. The van der Waals surface area contributed by atoms with Gasteiger partial charge in [0.05, 0.1) is 4.90 Å². The van der Waals surface area contributed by atoms with Crippen LogP contribution in [-0.4, -0.2) is 73.0 Å². The molecule has 0 bridgehead atoms. The number of amides is 1. The van der Waals surface area contributed by atoms with Crippen molar-refractivity contribution in [1.82, 2.24) is 24.7 Å². The Morgan fingerprint density at radius 1 is 1.03 bits per heavy atom. The van der Waals surface area contributed by atoms with Gasteiger partial charge in [-0.1, -0.05) is 19.8 Å². The summed E-state index contributed by atoms with van der Waals surface area (Å²) in [6.07, 6.45) is 6.72. The highest BCUT2D eigenvalue weighted by molar-refractivity contribution is 7.89. The fraction of sp³-hybridized carbons (Fsp3) is 0.609. The Kier molecular flexibility index (Phi) is 7.77. The van der Waals surface area contributed by atoms with Gasteiger partial charge < -0.3 is 14.6 Å². The molecule has 1 N–H and O–H groups in total. The second kappa shape index (κ2) is 10.8. The predicted octanol–water partition coefficient (Wildman–Crippen LogP) is 2.76. The van der Waals surface area contributed by atoms with E-state index in [1.165, 1.54) is 25.7 Å². The van der Waals surface area contributed by atoms with Crippen molar-refractivity contribution in [2.75, 3.05) is 39.3 Å². The number of rotatable bonds is 7. The SMILES string of the molecule is CC1CCN(S(=O)(=O)c2ccc(-c3nnc(C(=O)NCCN4CCCCCC4)o3)cc2)CC1. The van der Waals surface area contributed by atoms with Gasteiger partial charge in [0.25, 0.3) is 0 Å². The third-order valence-electron chi connectivity index (χ3n) is 6.51. The van der Waals surface area contributed by atoms with E-state index in [2.05, 4.69) is 27.3 Å². The Bertz CT molecular complexity index is 1020. The van der Waals surface area contributed by atoms with Gasteiger partial charge in [-0.15, -0.1) is 10.2 Å². The van der Waals surface area contributed by atoms with Crippen LogP contribution in [-0.2, 0) is 10.0 Å². The van der Waals surface area contributed by atoms with Gasteiger partial charge in [-0.25, -0.2) is 8.42 Å². The van der Waals surface area contributed by atoms with Crippen molar-refractivity contribution in [1.29, 1.82) is 0 Å². The molecule has 9 nitrogen and oxygen atoms in total. The van der Waals surface area contributed by atoms with Gasteiger partial charge in [-0.05, 0) is 69.0 Å². The molecule has 0 spiro atoms. The van der Waals surface area contributed by atoms with Crippen molar-refractivity contribution in [2.45, 2.75) is 50.3 Å². The van der Waals surface area contributed by atoms with Crippen LogP contribution in [0.3, 0.4) is 0 Å². The van der Waals surface area contributed by atoms with Crippen molar-refractivity contribution in [3.8, 4) is 11.5 Å². The standard InChI is InChI=1S/C23H33N5O4S/c1-18-10-15-28(16-11-18)33(30,31)20-8-6-19(7-9-20)22-25-26-23(32-22)21(29)24-12-17-27-13-4-2-3-5-14-27/h6-9,18H,2-5,10-17H2,1H3,(H,24,29). The number of sulfonamides is 1. The molecular weight excluding hydrogens is 442 g/mol. The van der Waals surface area contributed by atoms with Gasteiger partial charge in [-0.2, -0.15) is 4.31 Å². The summed E-state index contributed by atoms with van der Waals surface area (Å²) in [4.78, 5) is 15.0. The Morgan fingerprint density at radius 2 is 1.70 bits per heavy atom. The molecule has 2 saturated heterocycles. The predicted molar refractivity (Wildman–Crippen MR) is 124 cm³/mol. The fourth-order valence-electron chi connectivity index (χ4n) is 4.34. The zero-order valence-electron chi connectivity index (χ0n) is 19.2. The van der Waals surface area contributed by atoms with E-state index in [1.54, 1.807) is 28.6 Å². The summed E-state index contributed by atoms with van der Waals surface area (Å²) >= 11 is 0. The van der Waals surface area contributed by atoms with Crippen molar-refractivity contribution < 1.29 is 17.6 Å². The molecule has 0 saturated carbocycles. The largest absolute Gasteiger partial charge is 0.412 e. The molecule has 0 atom stereocenters. The highest BCUT2D eigenvalue weighted by Crippen LogP contribution is 2.25. The molecule has 10 heteroatoms. The van der Waals surface area contributed by atoms with E-state index in [-0.39, 0.29) is 16.7 Å². The first-order valence-electron chi connectivity index (χ1n) is 11.9. The molecule has 2 aromatic rings. The maximum Gasteiger partial charge on any atom is 0.308 e. The number of nitrogens with one attached hydrogen (secondary N) is 1. The molecule has 180 valence electrons. The lowest BCUT2D eigenvalue weighted by molar-refractivity contribution is 0.0914. The molecule has 1 aromatic carbocycles. The van der Waals surface area contributed by atoms with E-state index < -0.39 is 15.9 Å². The van der Waals surface area contributed by atoms with E-state index in [9.17, 15) is 13.2 Å². The lowest BCUT2D eigenvalue weighted by Crippen LogP contribution is -2.37. The lowest BCUT2D eigenvalue weighted by Gasteiger charge is -2.29. The number of carbonyl (C=O) groups is 1. The highest BCUT2D eigenvalue weighted by atomic mass is 32.2. The number of hydrogen-bond donors (Lipinski definition) is 1. The van der Waals surface area contributed by atoms with E-state index in [4.69, 9.17) is 4.42 Å². The molecule has 2 fully saturated rings. The quantitative estimate of drug-likeness (QED) is 0.656. The average Bonchev–Trinajstić information content (AvgIpc) is 3.17. The topological polar surface area (TPSA) is 109 Å². The van der Waals surface area contributed by atoms with Gasteiger partial charge in [0, 0.05) is 31.7 Å². The zero-order chi connectivity index (χ0) is 23.3. The van der Waals surface area contributed by atoms with E-state index in [0.717, 1.165) is 32.5 Å². The van der Waals surface area contributed by atoms with Crippen molar-refractivity contribution >= 4 is 15.9 Å². The fourth-order valence-corrected chi connectivity index (χ4v) is 5.81. The summed E-state index contributed by atoms with van der Waals surface area (Å²) in [6, 6.07) is 6.36. The first-order valence-corrected chi connectivity index (χ1v) is 13.3. The Hall–Kier alpha value is -2.30. The number of nitrogens with zero attached hydrogens (tertiary/aromatic N) is 4. The molecule has 0 radical (unpaired) electrons. The van der Waals surface area contributed by atoms with E-state index in [0.29, 0.717) is 31.1 Å². The normalized spacial score (nSPS) is 19.3. The van der Waals surface area contributed by atoms with Crippen LogP contribution in [0.5, 0.6) is 0 Å². The number of hydrogen-bond acceptors (Lipinski definition) is 7. The maximum absolute atomic E-state index is 12.9. The smallest absolute Gasteiger partial charge is 0.308 e. The van der Waals surface area contributed by atoms with Crippen LogP contribution in [0.25, 0.3) is 11.5 Å². The maximum atomic E-state index is 12.9. The minimum absolute atomic E-state index is 0.0972. The second-order valence-corrected chi connectivity index (χ2v) is 11.0. The van der Waals surface area contributed by atoms with Crippen molar-refractivity contribution in [2.24, 2.45) is 5.92 Å². The van der Waals surface area contributed by atoms with Crippen LogP contribution < -0.4 is 5.32 Å². The van der Waals surface area contributed by atoms with Crippen LogP contribution in [0.4, 0.5) is 0 Å². The number of likely N-dealkylation sites (tertiary alicyclic amines) is 1. The Labute approximate surface area is 195 Å². The average molecular weight is 476 g/mol. The Balaban J connectivity index is 1.33. The molecule has 33 heavy (non-hydrogen) atoms. The molecule has 1 aromatic heterocycles. The minimum atomic E-state index is -3.52. The summed E-state index contributed by atoms with van der Waals surface area (Å²) in [5.41, 5.74) is 0.567. The van der Waals surface area contributed by atoms with Gasteiger partial charge >= 0.3 is 11.8 Å². The van der Waals surface area contributed by atoms with Crippen molar-refractivity contribution in [3.05, 3.63) is 30.2 Å². The number of benzene rings is 1. The summed E-state index contributed by atoms with van der Waals surface area (Å²) in [5.74, 6) is 0.238. The third-order valence-corrected chi connectivity index (χ3v) is 8.43. The summed E-state index contributed by atoms with van der Waals surface area (Å²) in [6.45, 7) is 6.72. The Morgan fingerprint density at radius 3 is 2.36 bits per heavy atom. The third kappa shape index (κ3) is 5.99. The van der Waals surface area contributed by atoms with Crippen LogP contribution in [0.1, 0.15) is 56.1 Å². The van der Waals surface area contributed by atoms with Gasteiger partial charge in [0.1, 0.15) is 0 Å². The molecule has 0 unspecified atom stereocenters. The van der Waals surface area contributed by atoms with Gasteiger partial charge in [-0.3, -0.25) is 4.79 Å². The van der Waals surface area contributed by atoms with Crippen molar-refractivity contribution in [3.63, 3.8) is 0 Å². The lowest BCUT2D eigenvalue weighted by atomic mass is 10.0. The number of carbonyl (C=O) groups excluding carboxylic acids is 1. The highest BCUT2D eigenvalue weighted by Gasteiger charge is 2.28. The minimum Gasteiger partial charge on any atom is -0.412 e. The molecule has 4 rings (SSSR count). The van der Waals surface area contributed by atoms with E-state index in [1.807, 2.05) is 0 Å². The second-order valence-electron chi connectivity index (χ2n) is 9.04. The number of aromatic nitrogens is 2. The van der Waals surface area contributed by atoms with E-state index >= 15 is 0 Å². The van der Waals surface area contributed by atoms with Crippen LogP contribution >= 0.6 is 0 Å². The van der Waals surface area contributed by atoms with Gasteiger partial charge in [0.15, 0.2) is 0 Å². The summed E-state index contributed by atoms with van der Waals surface area (Å²) in [7, 11) is -3.52. The zero-order valence-corrected chi connectivity index (χ0v) is 20.0. The molecule has 2 aliphatic rings. The van der Waals surface area contributed by atoms with Crippen LogP contribution in [0.15, 0.2) is 33.6 Å².